The van der Waals surface area contributed by atoms with Crippen molar-refractivity contribution < 1.29 is 14.3 Å². The summed E-state index contributed by atoms with van der Waals surface area (Å²) < 4.78 is 5.39. The van der Waals surface area contributed by atoms with E-state index in [0.717, 1.165) is 55.0 Å². The van der Waals surface area contributed by atoms with E-state index in [0.29, 0.717) is 19.8 Å². The van der Waals surface area contributed by atoms with Crippen LogP contribution in [0, 0.1) is 0 Å². The Labute approximate surface area is 147 Å². The van der Waals surface area contributed by atoms with Crippen LogP contribution in [0.2, 0.25) is 0 Å². The summed E-state index contributed by atoms with van der Waals surface area (Å²) in [5.41, 5.74) is 3.36. The maximum atomic E-state index is 13.0. The minimum atomic E-state index is 0.0183. The van der Waals surface area contributed by atoms with E-state index in [1.807, 2.05) is 31.3 Å². The molecule has 25 heavy (non-hydrogen) atoms. The number of amides is 2. The molecule has 2 amide bonds. The van der Waals surface area contributed by atoms with Crippen molar-refractivity contribution in [3.8, 4) is 0 Å². The van der Waals surface area contributed by atoms with Gasteiger partial charge in [0.1, 0.15) is 0 Å². The highest BCUT2D eigenvalue weighted by molar-refractivity contribution is 6.07. The lowest BCUT2D eigenvalue weighted by atomic mass is 9.98. The monoisotopic (exact) mass is 341 g/mol. The first-order valence-corrected chi connectivity index (χ1v) is 8.88. The number of nitrogens with zero attached hydrogens (tertiary/aromatic N) is 3. The average molecular weight is 341 g/mol. The lowest BCUT2D eigenvalue weighted by Crippen LogP contribution is -2.45. The van der Waals surface area contributed by atoms with Gasteiger partial charge in [-0.25, -0.2) is 0 Å². The summed E-state index contributed by atoms with van der Waals surface area (Å²) in [6.45, 7) is 4.21. The van der Waals surface area contributed by atoms with Gasteiger partial charge in [0.05, 0.1) is 18.9 Å². The average Bonchev–Trinajstić information content (AvgIpc) is 2.65. The molecule has 0 unspecified atom stereocenters. The van der Waals surface area contributed by atoms with Crippen molar-refractivity contribution in [1.82, 2.24) is 9.80 Å². The Balaban J connectivity index is 1.61. The fraction of sp³-hybridized carbons (Fsp3) is 0.474. The zero-order valence-electron chi connectivity index (χ0n) is 14.5. The van der Waals surface area contributed by atoms with E-state index in [-0.39, 0.29) is 11.8 Å². The van der Waals surface area contributed by atoms with Gasteiger partial charge in [0.25, 0.3) is 11.8 Å². The largest absolute Gasteiger partial charge is 0.378 e. The third-order valence-corrected chi connectivity index (χ3v) is 5.21. The van der Waals surface area contributed by atoms with Crippen molar-refractivity contribution >= 4 is 17.5 Å². The molecule has 1 fully saturated rings. The van der Waals surface area contributed by atoms with Crippen LogP contribution in [0.1, 0.15) is 22.3 Å². The summed E-state index contributed by atoms with van der Waals surface area (Å²) in [6, 6.07) is 5.85. The second-order valence-corrected chi connectivity index (χ2v) is 6.75. The molecule has 3 aliphatic heterocycles. The van der Waals surface area contributed by atoms with Gasteiger partial charge in [-0.05, 0) is 30.5 Å². The number of hydrogen-bond acceptors (Lipinski definition) is 4. The van der Waals surface area contributed by atoms with Crippen LogP contribution in [0.3, 0.4) is 0 Å². The Kier molecular flexibility index (Phi) is 4.21. The van der Waals surface area contributed by atoms with Crippen LogP contribution in [0.15, 0.2) is 30.0 Å². The number of anilines is 1. The second kappa shape index (κ2) is 6.52. The minimum Gasteiger partial charge on any atom is -0.378 e. The number of carbonyl (C=O) groups is 2. The summed E-state index contributed by atoms with van der Waals surface area (Å²) in [7, 11) is 1.82. The van der Waals surface area contributed by atoms with E-state index in [9.17, 15) is 9.59 Å². The summed E-state index contributed by atoms with van der Waals surface area (Å²) in [5.74, 6) is 0.0567. The van der Waals surface area contributed by atoms with Gasteiger partial charge in [0.15, 0.2) is 0 Å². The van der Waals surface area contributed by atoms with Gasteiger partial charge >= 0.3 is 0 Å². The quantitative estimate of drug-likeness (QED) is 0.813. The number of carbonyl (C=O) groups excluding carboxylic acids is 2. The molecule has 3 aliphatic rings. The number of benzene rings is 1. The summed E-state index contributed by atoms with van der Waals surface area (Å²) in [5, 5.41) is 0. The van der Waals surface area contributed by atoms with Gasteiger partial charge in [-0.15, -0.1) is 0 Å². The van der Waals surface area contributed by atoms with Crippen LogP contribution in [0.25, 0.3) is 0 Å². The van der Waals surface area contributed by atoms with Crippen LogP contribution in [-0.4, -0.2) is 68.1 Å². The number of fused-ring (bicyclic) bond motifs is 1. The van der Waals surface area contributed by atoms with Gasteiger partial charge in [-0.2, -0.15) is 0 Å². The first kappa shape index (κ1) is 16.1. The molecule has 1 aromatic rings. The Bertz CT molecular complexity index is 737. The maximum Gasteiger partial charge on any atom is 0.274 e. The Morgan fingerprint density at radius 2 is 1.80 bits per heavy atom. The van der Waals surface area contributed by atoms with Crippen molar-refractivity contribution in [2.75, 3.05) is 51.3 Å². The SMILES string of the molecule is CN1CCc2ccc(N3CCC=C(N4CCOCC4)C3=O)cc2C1=O. The van der Waals surface area contributed by atoms with Crippen LogP contribution in [0.5, 0.6) is 0 Å². The van der Waals surface area contributed by atoms with E-state index in [1.165, 1.54) is 0 Å². The minimum absolute atomic E-state index is 0.0183. The van der Waals surface area contributed by atoms with Gasteiger partial charge in [-0.1, -0.05) is 12.1 Å². The highest BCUT2D eigenvalue weighted by atomic mass is 16.5. The van der Waals surface area contributed by atoms with E-state index in [4.69, 9.17) is 4.74 Å². The molecule has 0 N–H and O–H groups in total. The molecular formula is C19H23N3O3. The molecule has 0 aliphatic carbocycles. The molecule has 0 saturated carbocycles. The standard InChI is InChI=1S/C19H23N3O3/c1-20-8-6-14-4-5-15(13-16(14)18(20)23)22-7-2-3-17(19(22)24)21-9-11-25-12-10-21/h3-5,13H,2,6-12H2,1H3. The van der Waals surface area contributed by atoms with Crippen LogP contribution < -0.4 is 4.90 Å². The predicted octanol–water partition coefficient (Wildman–Crippen LogP) is 1.27. The van der Waals surface area contributed by atoms with Crippen molar-refractivity contribution in [3.05, 3.63) is 41.1 Å². The molecule has 4 rings (SSSR count). The molecule has 0 atom stereocenters. The Morgan fingerprint density at radius 1 is 1.00 bits per heavy atom. The first-order valence-electron chi connectivity index (χ1n) is 8.88. The van der Waals surface area contributed by atoms with Crippen molar-refractivity contribution in [2.24, 2.45) is 0 Å². The molecule has 0 aromatic heterocycles. The van der Waals surface area contributed by atoms with E-state index < -0.39 is 0 Å². The van der Waals surface area contributed by atoms with E-state index in [2.05, 4.69) is 4.90 Å². The summed E-state index contributed by atoms with van der Waals surface area (Å²) in [6.07, 6.45) is 3.72. The second-order valence-electron chi connectivity index (χ2n) is 6.75. The van der Waals surface area contributed by atoms with Gasteiger partial charge in [0.2, 0.25) is 0 Å². The molecule has 3 heterocycles. The zero-order valence-corrected chi connectivity index (χ0v) is 14.5. The van der Waals surface area contributed by atoms with E-state index in [1.54, 1.807) is 9.80 Å². The highest BCUT2D eigenvalue weighted by Crippen LogP contribution is 2.28. The number of rotatable bonds is 2. The van der Waals surface area contributed by atoms with Crippen molar-refractivity contribution in [2.45, 2.75) is 12.8 Å². The molecule has 1 aromatic carbocycles. The van der Waals surface area contributed by atoms with Crippen LogP contribution in [-0.2, 0) is 16.0 Å². The predicted molar refractivity (Wildman–Crippen MR) is 94.6 cm³/mol. The van der Waals surface area contributed by atoms with Crippen molar-refractivity contribution in [3.63, 3.8) is 0 Å². The number of hydrogen-bond donors (Lipinski definition) is 0. The van der Waals surface area contributed by atoms with Crippen molar-refractivity contribution in [1.29, 1.82) is 0 Å². The first-order chi connectivity index (χ1) is 12.1. The topological polar surface area (TPSA) is 53.1 Å². The molecule has 0 radical (unpaired) electrons. The van der Waals surface area contributed by atoms with Gasteiger partial charge < -0.3 is 19.4 Å². The van der Waals surface area contributed by atoms with E-state index >= 15 is 0 Å². The molecule has 132 valence electrons. The van der Waals surface area contributed by atoms with Crippen LogP contribution >= 0.6 is 0 Å². The number of morpholine rings is 1. The zero-order chi connectivity index (χ0) is 17.4. The molecular weight excluding hydrogens is 318 g/mol. The molecule has 1 saturated heterocycles. The Hall–Kier alpha value is -2.34. The Morgan fingerprint density at radius 3 is 2.60 bits per heavy atom. The third-order valence-electron chi connectivity index (χ3n) is 5.21. The normalized spacial score (nSPS) is 21.3. The fourth-order valence-electron chi connectivity index (χ4n) is 3.72. The summed E-state index contributed by atoms with van der Waals surface area (Å²) >= 11 is 0. The summed E-state index contributed by atoms with van der Waals surface area (Å²) in [4.78, 5) is 31.1. The van der Waals surface area contributed by atoms with Gasteiger partial charge in [-0.3, -0.25) is 9.59 Å². The molecule has 0 spiro atoms. The molecule has 6 nitrogen and oxygen atoms in total. The lowest BCUT2D eigenvalue weighted by Gasteiger charge is -2.36. The molecule has 0 bridgehead atoms. The highest BCUT2D eigenvalue weighted by Gasteiger charge is 2.29. The smallest absolute Gasteiger partial charge is 0.274 e. The lowest BCUT2D eigenvalue weighted by molar-refractivity contribution is -0.117. The number of ether oxygens (including phenoxy) is 1. The van der Waals surface area contributed by atoms with Gasteiger partial charge in [0, 0.05) is 44.5 Å². The third kappa shape index (κ3) is 2.91. The fourth-order valence-corrected chi connectivity index (χ4v) is 3.72. The maximum absolute atomic E-state index is 13.0. The van der Waals surface area contributed by atoms with Crippen LogP contribution in [0.4, 0.5) is 5.69 Å². The molecule has 6 heteroatoms. The number of likely N-dealkylation sites (N-methyl/N-ethyl adjacent to an activating group) is 1.